The lowest BCUT2D eigenvalue weighted by Gasteiger charge is -2.03. The van der Waals surface area contributed by atoms with Crippen LogP contribution in [0.1, 0.15) is 11.1 Å². The van der Waals surface area contributed by atoms with Crippen LogP contribution >= 0.6 is 11.6 Å². The Bertz CT molecular complexity index is 576. The molecule has 2 rings (SSSR count). The summed E-state index contributed by atoms with van der Waals surface area (Å²) in [6.07, 6.45) is 1.05. The topological polar surface area (TPSA) is 50.1 Å². The minimum Gasteiger partial charge on any atom is -0.450 e. The highest BCUT2D eigenvalue weighted by Crippen LogP contribution is 2.34. The molecule has 1 aliphatic rings. The number of rotatable bonds is 1. The Kier molecular flexibility index (Phi) is 2.99. The van der Waals surface area contributed by atoms with E-state index in [1.165, 1.54) is 0 Å². The molecule has 84 valence electrons. The van der Waals surface area contributed by atoms with Crippen LogP contribution in [0.4, 0.5) is 0 Å². The summed E-state index contributed by atoms with van der Waals surface area (Å²) in [6.45, 7) is 1.96. The zero-order valence-corrected chi connectivity index (χ0v) is 9.78. The zero-order chi connectivity index (χ0) is 12.4. The molecule has 0 saturated carbocycles. The molecule has 1 aliphatic heterocycles. The molecule has 0 aromatic heterocycles. The fourth-order valence-electron chi connectivity index (χ4n) is 1.46. The van der Waals surface area contributed by atoms with Gasteiger partial charge in [-0.1, -0.05) is 41.4 Å². The van der Waals surface area contributed by atoms with Crippen molar-refractivity contribution in [1.82, 2.24) is 0 Å². The quantitative estimate of drug-likeness (QED) is 0.565. The lowest BCUT2D eigenvalue weighted by molar-refractivity contribution is -0.112. The standard InChI is InChI=1S/C13H8ClNO2/c1-8-2-4-9(5-3-8)13-11(14)12(16)10(17-13)6-7-15/h2-6H,1H3/b10-6+. The molecule has 4 heteroatoms. The first-order valence-corrected chi connectivity index (χ1v) is 5.30. The first-order chi connectivity index (χ1) is 8.13. The van der Waals surface area contributed by atoms with Gasteiger partial charge >= 0.3 is 0 Å². The average molecular weight is 246 g/mol. The van der Waals surface area contributed by atoms with E-state index >= 15 is 0 Å². The van der Waals surface area contributed by atoms with Crippen molar-refractivity contribution in [2.75, 3.05) is 0 Å². The highest BCUT2D eigenvalue weighted by Gasteiger charge is 2.29. The molecule has 1 aromatic rings. The van der Waals surface area contributed by atoms with Gasteiger partial charge in [0, 0.05) is 5.56 Å². The van der Waals surface area contributed by atoms with Crippen LogP contribution in [0.3, 0.4) is 0 Å². The Labute approximate surface area is 104 Å². The predicted molar refractivity (Wildman–Crippen MR) is 63.7 cm³/mol. The summed E-state index contributed by atoms with van der Waals surface area (Å²) >= 11 is 5.89. The zero-order valence-electron chi connectivity index (χ0n) is 9.03. The van der Waals surface area contributed by atoms with E-state index in [1.807, 2.05) is 31.2 Å². The predicted octanol–water partition coefficient (Wildman–Crippen LogP) is 2.91. The number of benzene rings is 1. The second-order valence-corrected chi connectivity index (χ2v) is 3.96. The molecule has 0 aliphatic carbocycles. The number of allylic oxidation sites excluding steroid dienone is 2. The minimum atomic E-state index is -0.455. The number of nitrogens with zero attached hydrogens (tertiary/aromatic N) is 1. The number of Topliss-reactive ketones (excluding diaryl/α,β-unsaturated/α-hetero) is 1. The summed E-state index contributed by atoms with van der Waals surface area (Å²) in [6, 6.07) is 9.17. The molecule has 0 saturated heterocycles. The average Bonchev–Trinajstić information content (AvgIpc) is 2.59. The van der Waals surface area contributed by atoms with Crippen molar-refractivity contribution in [3.05, 3.63) is 52.3 Å². The second kappa shape index (κ2) is 4.44. The highest BCUT2D eigenvalue weighted by molar-refractivity contribution is 6.48. The maximum Gasteiger partial charge on any atom is 0.244 e. The van der Waals surface area contributed by atoms with Crippen LogP contribution in [0.5, 0.6) is 0 Å². The molecule has 0 atom stereocenters. The monoisotopic (exact) mass is 245 g/mol. The summed E-state index contributed by atoms with van der Waals surface area (Å²) < 4.78 is 5.29. The Hall–Kier alpha value is -2.05. The van der Waals surface area contributed by atoms with E-state index in [9.17, 15) is 4.79 Å². The van der Waals surface area contributed by atoms with Crippen molar-refractivity contribution in [1.29, 1.82) is 5.26 Å². The van der Waals surface area contributed by atoms with Crippen LogP contribution in [-0.2, 0) is 9.53 Å². The van der Waals surface area contributed by atoms with E-state index < -0.39 is 5.78 Å². The van der Waals surface area contributed by atoms with Gasteiger partial charge < -0.3 is 4.74 Å². The fraction of sp³-hybridized carbons (Fsp3) is 0.0769. The number of halogens is 1. The van der Waals surface area contributed by atoms with Gasteiger partial charge in [0.05, 0.1) is 12.1 Å². The van der Waals surface area contributed by atoms with E-state index in [2.05, 4.69) is 0 Å². The molecular weight excluding hydrogens is 238 g/mol. The molecule has 0 spiro atoms. The molecule has 0 fully saturated rings. The summed E-state index contributed by atoms with van der Waals surface area (Å²) in [5.41, 5.74) is 1.82. The van der Waals surface area contributed by atoms with Gasteiger partial charge in [0.1, 0.15) is 5.03 Å². The van der Waals surface area contributed by atoms with Gasteiger partial charge in [-0.25, -0.2) is 0 Å². The smallest absolute Gasteiger partial charge is 0.244 e. The number of ether oxygens (including phenoxy) is 1. The normalized spacial score (nSPS) is 17.2. The first-order valence-electron chi connectivity index (χ1n) is 4.92. The van der Waals surface area contributed by atoms with Crippen molar-refractivity contribution in [2.45, 2.75) is 6.92 Å². The number of nitriles is 1. The first kappa shape index (κ1) is 11.4. The lowest BCUT2D eigenvalue weighted by atomic mass is 10.1. The minimum absolute atomic E-state index is 0.00959. The van der Waals surface area contributed by atoms with Gasteiger partial charge in [0.15, 0.2) is 11.5 Å². The number of carbonyl (C=O) groups excluding carboxylic acids is 1. The molecule has 3 nitrogen and oxygen atoms in total. The lowest BCUT2D eigenvalue weighted by Crippen LogP contribution is -1.94. The van der Waals surface area contributed by atoms with Gasteiger partial charge in [-0.15, -0.1) is 0 Å². The van der Waals surface area contributed by atoms with Crippen molar-refractivity contribution >= 4 is 23.1 Å². The van der Waals surface area contributed by atoms with Gasteiger partial charge in [0.25, 0.3) is 0 Å². The van der Waals surface area contributed by atoms with E-state index in [0.717, 1.165) is 17.2 Å². The third-order valence-electron chi connectivity index (χ3n) is 2.34. The summed E-state index contributed by atoms with van der Waals surface area (Å²) in [4.78, 5) is 11.6. The third kappa shape index (κ3) is 2.08. The van der Waals surface area contributed by atoms with Gasteiger partial charge in [-0.05, 0) is 6.92 Å². The van der Waals surface area contributed by atoms with Crippen LogP contribution in [0.2, 0.25) is 0 Å². The number of carbonyl (C=O) groups is 1. The number of hydrogen-bond acceptors (Lipinski definition) is 3. The van der Waals surface area contributed by atoms with E-state index in [4.69, 9.17) is 21.6 Å². The van der Waals surface area contributed by atoms with E-state index in [0.29, 0.717) is 5.76 Å². The van der Waals surface area contributed by atoms with Crippen LogP contribution < -0.4 is 0 Å². The van der Waals surface area contributed by atoms with E-state index in [-0.39, 0.29) is 10.8 Å². The van der Waals surface area contributed by atoms with Crippen LogP contribution in [-0.4, -0.2) is 5.78 Å². The Morgan fingerprint density at radius 1 is 1.35 bits per heavy atom. The Balaban J connectivity index is 2.41. The number of aryl methyl sites for hydroxylation is 1. The van der Waals surface area contributed by atoms with Crippen molar-refractivity contribution in [3.8, 4) is 6.07 Å². The molecule has 1 aromatic carbocycles. The van der Waals surface area contributed by atoms with Gasteiger partial charge in [-0.2, -0.15) is 5.26 Å². The molecule has 0 amide bonds. The van der Waals surface area contributed by atoms with E-state index in [1.54, 1.807) is 6.07 Å². The van der Waals surface area contributed by atoms with Crippen LogP contribution in [0.15, 0.2) is 41.1 Å². The maximum absolute atomic E-state index is 11.6. The molecule has 17 heavy (non-hydrogen) atoms. The molecule has 0 N–H and O–H groups in total. The van der Waals surface area contributed by atoms with Crippen molar-refractivity contribution in [2.24, 2.45) is 0 Å². The summed E-state index contributed by atoms with van der Waals surface area (Å²) in [7, 11) is 0. The fourth-order valence-corrected chi connectivity index (χ4v) is 1.70. The van der Waals surface area contributed by atoms with Crippen LogP contribution in [0, 0.1) is 18.3 Å². The van der Waals surface area contributed by atoms with Crippen LogP contribution in [0.25, 0.3) is 5.76 Å². The van der Waals surface area contributed by atoms with Crippen molar-refractivity contribution in [3.63, 3.8) is 0 Å². The molecule has 0 unspecified atom stereocenters. The molecular formula is C13H8ClNO2. The van der Waals surface area contributed by atoms with Gasteiger partial charge in [0.2, 0.25) is 5.78 Å². The molecule has 0 bridgehead atoms. The summed E-state index contributed by atoms with van der Waals surface area (Å²) in [5.74, 6) is -0.185. The Morgan fingerprint density at radius 3 is 2.59 bits per heavy atom. The molecule has 0 radical (unpaired) electrons. The van der Waals surface area contributed by atoms with Gasteiger partial charge in [-0.3, -0.25) is 4.79 Å². The maximum atomic E-state index is 11.6. The highest BCUT2D eigenvalue weighted by atomic mass is 35.5. The largest absolute Gasteiger partial charge is 0.450 e. The second-order valence-electron chi connectivity index (χ2n) is 3.58. The summed E-state index contributed by atoms with van der Waals surface area (Å²) in [5, 5.41) is 8.51. The SMILES string of the molecule is Cc1ccc(C2=C(Cl)C(=O)/C(=C\C#N)O2)cc1. The number of ketones is 1. The third-order valence-corrected chi connectivity index (χ3v) is 2.69. The Morgan fingerprint density at radius 2 is 2.00 bits per heavy atom. The van der Waals surface area contributed by atoms with Crippen molar-refractivity contribution < 1.29 is 9.53 Å². The number of hydrogen-bond donors (Lipinski definition) is 0. The molecule has 1 heterocycles.